The normalized spacial score (nSPS) is 13.7. The van der Waals surface area contributed by atoms with Crippen molar-refractivity contribution in [1.82, 2.24) is 9.29 Å². The van der Waals surface area contributed by atoms with E-state index < -0.39 is 22.1 Å². The summed E-state index contributed by atoms with van der Waals surface area (Å²) in [4.78, 5) is 10.7. The number of carboxylic acids is 1. The summed E-state index contributed by atoms with van der Waals surface area (Å²) in [5.41, 5.74) is -0.117. The number of nitrogens with zero attached hydrogens (tertiary/aromatic N) is 1. The van der Waals surface area contributed by atoms with Gasteiger partial charge in [-0.15, -0.1) is 0 Å². The van der Waals surface area contributed by atoms with Gasteiger partial charge in [0.1, 0.15) is 10.6 Å². The number of hydrogen-bond acceptors (Lipinski definition) is 4. The number of rotatable bonds is 7. The molecule has 0 spiro atoms. The monoisotopic (exact) mass is 304 g/mol. The molecule has 1 heterocycles. The summed E-state index contributed by atoms with van der Waals surface area (Å²) < 4.78 is 27.5. The van der Waals surface area contributed by atoms with Crippen LogP contribution in [0.25, 0.3) is 0 Å². The van der Waals surface area contributed by atoms with Crippen molar-refractivity contribution in [2.75, 3.05) is 6.54 Å². The Kier molecular flexibility index (Phi) is 5.32. The fourth-order valence-electron chi connectivity index (χ4n) is 1.81. The van der Waals surface area contributed by atoms with Gasteiger partial charge in [-0.1, -0.05) is 13.8 Å². The molecule has 1 atom stereocenters. The third-order valence-corrected chi connectivity index (χ3v) is 4.15. The van der Waals surface area contributed by atoms with Gasteiger partial charge in [0.2, 0.25) is 10.0 Å². The Labute approximate surface area is 118 Å². The molecule has 1 unspecified atom stereocenters. The van der Waals surface area contributed by atoms with Crippen LogP contribution in [0, 0.1) is 5.92 Å². The van der Waals surface area contributed by atoms with Gasteiger partial charge < -0.3 is 14.8 Å². The van der Waals surface area contributed by atoms with Gasteiger partial charge >= 0.3 is 5.97 Å². The van der Waals surface area contributed by atoms with Crippen LogP contribution in [0.2, 0.25) is 0 Å². The largest absolute Gasteiger partial charge is 0.477 e. The fourth-order valence-corrected chi connectivity index (χ4v) is 2.95. The van der Waals surface area contributed by atoms with E-state index in [1.54, 1.807) is 0 Å². The Morgan fingerprint density at radius 2 is 2.05 bits per heavy atom. The molecule has 1 aromatic heterocycles. The molecular formula is C12H20N2O5S. The summed E-state index contributed by atoms with van der Waals surface area (Å²) in [6, 6.07) is 1.08. The summed E-state index contributed by atoms with van der Waals surface area (Å²) in [6.45, 7) is 3.75. The number of aliphatic hydroxyl groups excluding tert-OH is 1. The van der Waals surface area contributed by atoms with E-state index in [9.17, 15) is 18.3 Å². The van der Waals surface area contributed by atoms with Crippen molar-refractivity contribution in [2.45, 2.75) is 31.3 Å². The van der Waals surface area contributed by atoms with Crippen LogP contribution in [0.15, 0.2) is 17.2 Å². The minimum Gasteiger partial charge on any atom is -0.477 e. The highest BCUT2D eigenvalue weighted by Crippen LogP contribution is 2.13. The van der Waals surface area contributed by atoms with Gasteiger partial charge in [0.15, 0.2) is 0 Å². The fraction of sp³-hybridized carbons (Fsp3) is 0.583. The first-order chi connectivity index (χ1) is 9.13. The van der Waals surface area contributed by atoms with Crippen LogP contribution in [0.4, 0.5) is 0 Å². The maximum Gasteiger partial charge on any atom is 0.352 e. The molecule has 1 aromatic rings. The van der Waals surface area contributed by atoms with E-state index in [4.69, 9.17) is 5.11 Å². The topological polar surface area (TPSA) is 109 Å². The SMILES string of the molecule is CC(C)CC(O)CNS(=O)(=O)c1cc(C(=O)O)n(C)c1. The molecule has 7 nitrogen and oxygen atoms in total. The second-order valence-electron chi connectivity index (χ2n) is 5.11. The van der Waals surface area contributed by atoms with Gasteiger partial charge in [0.25, 0.3) is 0 Å². The molecule has 0 saturated carbocycles. The first-order valence-corrected chi connectivity index (χ1v) is 7.69. The number of sulfonamides is 1. The smallest absolute Gasteiger partial charge is 0.352 e. The van der Waals surface area contributed by atoms with Crippen molar-refractivity contribution < 1.29 is 23.4 Å². The number of aromatic nitrogens is 1. The van der Waals surface area contributed by atoms with Gasteiger partial charge in [0, 0.05) is 19.8 Å². The highest BCUT2D eigenvalue weighted by Gasteiger charge is 2.21. The van der Waals surface area contributed by atoms with Crippen molar-refractivity contribution in [3.63, 3.8) is 0 Å². The first kappa shape index (κ1) is 16.7. The molecule has 1 rings (SSSR count). The molecule has 0 bridgehead atoms. The summed E-state index contributed by atoms with van der Waals surface area (Å²) >= 11 is 0. The van der Waals surface area contributed by atoms with Crippen LogP contribution in [-0.4, -0.2) is 41.8 Å². The average Bonchev–Trinajstić information content (AvgIpc) is 2.69. The van der Waals surface area contributed by atoms with Crippen LogP contribution in [0.3, 0.4) is 0 Å². The van der Waals surface area contributed by atoms with Crippen LogP contribution < -0.4 is 4.72 Å². The van der Waals surface area contributed by atoms with Gasteiger partial charge in [-0.25, -0.2) is 17.9 Å². The summed E-state index contributed by atoms with van der Waals surface area (Å²) in [6.07, 6.45) is 0.936. The van der Waals surface area contributed by atoms with E-state index in [0.29, 0.717) is 6.42 Å². The Morgan fingerprint density at radius 1 is 1.45 bits per heavy atom. The zero-order valence-corrected chi connectivity index (χ0v) is 12.5. The molecule has 8 heteroatoms. The molecule has 0 aliphatic rings. The molecule has 0 aliphatic heterocycles. The van der Waals surface area contributed by atoms with E-state index in [2.05, 4.69) is 4.72 Å². The lowest BCUT2D eigenvalue weighted by atomic mass is 10.1. The Balaban J connectivity index is 2.79. The van der Waals surface area contributed by atoms with E-state index >= 15 is 0 Å². The first-order valence-electron chi connectivity index (χ1n) is 6.21. The zero-order valence-electron chi connectivity index (χ0n) is 11.7. The third kappa shape index (κ3) is 4.32. The Hall–Kier alpha value is -1.38. The number of carbonyl (C=O) groups is 1. The minimum absolute atomic E-state index is 0.0994. The molecule has 0 saturated heterocycles. The summed E-state index contributed by atoms with van der Waals surface area (Å²) in [5.74, 6) is -0.946. The van der Waals surface area contributed by atoms with Crippen LogP contribution in [-0.2, 0) is 17.1 Å². The summed E-state index contributed by atoms with van der Waals surface area (Å²) in [5, 5.41) is 18.5. The van der Waals surface area contributed by atoms with E-state index in [-0.39, 0.29) is 23.1 Å². The van der Waals surface area contributed by atoms with Crippen molar-refractivity contribution in [1.29, 1.82) is 0 Å². The van der Waals surface area contributed by atoms with Gasteiger partial charge in [-0.3, -0.25) is 0 Å². The quantitative estimate of drug-likeness (QED) is 0.676. The lowest BCUT2D eigenvalue weighted by Crippen LogP contribution is -2.32. The lowest BCUT2D eigenvalue weighted by Gasteiger charge is -2.13. The highest BCUT2D eigenvalue weighted by molar-refractivity contribution is 7.89. The van der Waals surface area contributed by atoms with Crippen molar-refractivity contribution in [3.05, 3.63) is 18.0 Å². The maximum absolute atomic E-state index is 12.0. The standard InChI is InChI=1S/C12H20N2O5S/c1-8(2)4-9(15)6-13-20(18,19)10-5-11(12(16)17)14(3)7-10/h5,7-9,13,15H,4,6H2,1-3H3,(H,16,17). The number of nitrogens with one attached hydrogen (secondary N) is 1. The molecule has 0 fully saturated rings. The van der Waals surface area contributed by atoms with E-state index in [1.807, 2.05) is 13.8 Å². The highest BCUT2D eigenvalue weighted by atomic mass is 32.2. The maximum atomic E-state index is 12.0. The molecule has 0 aliphatic carbocycles. The second kappa shape index (κ2) is 6.38. The number of aryl methyl sites for hydroxylation is 1. The second-order valence-corrected chi connectivity index (χ2v) is 6.88. The predicted octanol–water partition coefficient (Wildman–Crippen LogP) is 0.409. The number of aliphatic hydroxyl groups is 1. The van der Waals surface area contributed by atoms with Crippen molar-refractivity contribution in [2.24, 2.45) is 13.0 Å². The molecule has 20 heavy (non-hydrogen) atoms. The summed E-state index contributed by atoms with van der Waals surface area (Å²) in [7, 11) is -2.37. The van der Waals surface area contributed by atoms with E-state index in [0.717, 1.165) is 6.07 Å². The van der Waals surface area contributed by atoms with Crippen LogP contribution >= 0.6 is 0 Å². The molecule has 0 amide bonds. The Bertz CT molecular complexity index is 577. The molecular weight excluding hydrogens is 284 g/mol. The molecule has 114 valence electrons. The average molecular weight is 304 g/mol. The lowest BCUT2D eigenvalue weighted by molar-refractivity contribution is 0.0686. The van der Waals surface area contributed by atoms with E-state index in [1.165, 1.54) is 17.8 Å². The van der Waals surface area contributed by atoms with Crippen molar-refractivity contribution in [3.8, 4) is 0 Å². The number of aromatic carboxylic acids is 1. The molecule has 3 N–H and O–H groups in total. The van der Waals surface area contributed by atoms with Crippen LogP contribution in [0.1, 0.15) is 30.8 Å². The molecule has 0 aromatic carbocycles. The predicted molar refractivity (Wildman–Crippen MR) is 73.0 cm³/mol. The van der Waals surface area contributed by atoms with Gasteiger partial charge in [-0.2, -0.15) is 0 Å². The zero-order chi connectivity index (χ0) is 15.5. The molecule has 0 radical (unpaired) electrons. The van der Waals surface area contributed by atoms with Gasteiger partial charge in [0.05, 0.1) is 6.10 Å². The van der Waals surface area contributed by atoms with Gasteiger partial charge in [-0.05, 0) is 18.4 Å². The number of carboxylic acid groups (broad SMARTS) is 1. The third-order valence-electron chi connectivity index (χ3n) is 2.76. The minimum atomic E-state index is -3.82. The Morgan fingerprint density at radius 3 is 2.50 bits per heavy atom. The van der Waals surface area contributed by atoms with Crippen LogP contribution in [0.5, 0.6) is 0 Å². The number of hydrogen-bond donors (Lipinski definition) is 3. The van der Waals surface area contributed by atoms with Crippen molar-refractivity contribution >= 4 is 16.0 Å².